The quantitative estimate of drug-likeness (QED) is 0.282. The monoisotopic (exact) mass is 559 g/mol. The first kappa shape index (κ1) is 28.4. The third-order valence-corrected chi connectivity index (χ3v) is 7.93. The molecule has 10 nitrogen and oxygen atoms in total. The molecule has 1 atom stereocenters. The summed E-state index contributed by atoms with van der Waals surface area (Å²) < 4.78 is 12.6. The molecule has 1 aromatic heterocycles. The minimum absolute atomic E-state index is 0.126. The van der Waals surface area contributed by atoms with Gasteiger partial charge in [0.05, 0.1) is 12.8 Å². The van der Waals surface area contributed by atoms with Crippen LogP contribution in [-0.2, 0) is 16.0 Å². The van der Waals surface area contributed by atoms with Gasteiger partial charge in [-0.1, -0.05) is 13.8 Å². The highest BCUT2D eigenvalue weighted by molar-refractivity contribution is 6.09. The van der Waals surface area contributed by atoms with Gasteiger partial charge in [0.2, 0.25) is 5.91 Å². The van der Waals surface area contributed by atoms with Crippen LogP contribution >= 0.6 is 0 Å². The number of hydrogen-bond acceptors (Lipinski definition) is 7. The smallest absolute Gasteiger partial charge is 0.360 e. The van der Waals surface area contributed by atoms with Gasteiger partial charge in [0.15, 0.2) is 11.9 Å². The molecule has 0 radical (unpaired) electrons. The van der Waals surface area contributed by atoms with Crippen molar-refractivity contribution >= 4 is 29.2 Å². The average molecular weight is 560 g/mol. The molecule has 3 aromatic rings. The number of carbonyl (C=O) groups excluding carboxylic acids is 3. The van der Waals surface area contributed by atoms with Crippen molar-refractivity contribution in [1.82, 2.24) is 14.7 Å². The fourth-order valence-electron chi connectivity index (χ4n) is 5.59. The van der Waals surface area contributed by atoms with E-state index in [9.17, 15) is 14.4 Å². The molecule has 0 bridgehead atoms. The van der Waals surface area contributed by atoms with E-state index in [-0.39, 0.29) is 17.5 Å². The molecule has 5 rings (SSSR count). The number of aromatic nitrogens is 2. The van der Waals surface area contributed by atoms with E-state index < -0.39 is 12.2 Å². The van der Waals surface area contributed by atoms with Crippen LogP contribution in [0, 0.1) is 0 Å². The fourth-order valence-corrected chi connectivity index (χ4v) is 5.59. The van der Waals surface area contributed by atoms with E-state index in [0.29, 0.717) is 48.6 Å². The van der Waals surface area contributed by atoms with Crippen LogP contribution in [0.25, 0.3) is 5.69 Å². The van der Waals surface area contributed by atoms with Crippen LogP contribution in [0.2, 0.25) is 0 Å². The molecular weight excluding hydrogens is 522 g/mol. The Balaban J connectivity index is 1.48. The van der Waals surface area contributed by atoms with Gasteiger partial charge in [-0.2, -0.15) is 5.10 Å². The lowest BCUT2D eigenvalue weighted by Crippen LogP contribution is -2.39. The lowest BCUT2D eigenvalue weighted by Gasteiger charge is -2.30. The molecule has 0 saturated carbocycles. The number of carbonyl (C=O) groups is 3. The first-order valence-corrected chi connectivity index (χ1v) is 14.3. The zero-order valence-electron chi connectivity index (χ0n) is 24.1. The number of esters is 1. The second-order valence-electron chi connectivity index (χ2n) is 10.2. The number of ether oxygens (including phenoxy) is 2. The summed E-state index contributed by atoms with van der Waals surface area (Å²) in [6.45, 7) is 8.43. The molecule has 3 heterocycles. The first-order chi connectivity index (χ1) is 19.9. The molecular formula is C31H37N5O5. The Morgan fingerprint density at radius 1 is 0.902 bits per heavy atom. The Bertz CT molecular complexity index is 1410. The van der Waals surface area contributed by atoms with E-state index in [1.807, 2.05) is 49.9 Å². The van der Waals surface area contributed by atoms with E-state index in [4.69, 9.17) is 9.47 Å². The van der Waals surface area contributed by atoms with Crippen molar-refractivity contribution in [3.05, 3.63) is 65.5 Å². The van der Waals surface area contributed by atoms with Gasteiger partial charge in [0.25, 0.3) is 5.91 Å². The Hall–Kier alpha value is -4.18. The molecule has 1 fully saturated rings. The third-order valence-electron chi connectivity index (χ3n) is 7.93. The summed E-state index contributed by atoms with van der Waals surface area (Å²) in [5, 5.41) is 4.63. The maximum Gasteiger partial charge on any atom is 0.360 e. The number of rotatable bonds is 9. The molecule has 41 heavy (non-hydrogen) atoms. The largest absolute Gasteiger partial charge is 0.497 e. The van der Waals surface area contributed by atoms with Gasteiger partial charge >= 0.3 is 5.97 Å². The molecule has 2 amide bonds. The van der Waals surface area contributed by atoms with Gasteiger partial charge in [-0.3, -0.25) is 14.5 Å². The first-order valence-electron chi connectivity index (χ1n) is 14.3. The minimum Gasteiger partial charge on any atom is -0.497 e. The summed E-state index contributed by atoms with van der Waals surface area (Å²) in [5.41, 5.74) is 3.25. The second kappa shape index (κ2) is 12.1. The summed E-state index contributed by atoms with van der Waals surface area (Å²) in [4.78, 5) is 45.3. The van der Waals surface area contributed by atoms with E-state index in [1.165, 1.54) is 4.68 Å². The third kappa shape index (κ3) is 5.56. The van der Waals surface area contributed by atoms with Crippen molar-refractivity contribution in [3.8, 4) is 11.4 Å². The van der Waals surface area contributed by atoms with Gasteiger partial charge in [-0.25, -0.2) is 9.48 Å². The summed E-state index contributed by atoms with van der Waals surface area (Å²) >= 11 is 0. The predicted molar refractivity (Wildman–Crippen MR) is 156 cm³/mol. The average Bonchev–Trinajstić information content (AvgIpc) is 3.39. The Morgan fingerprint density at radius 3 is 2.15 bits per heavy atom. The van der Waals surface area contributed by atoms with Crippen molar-refractivity contribution in [2.75, 3.05) is 43.1 Å². The summed E-state index contributed by atoms with van der Waals surface area (Å²) in [7, 11) is 1.59. The van der Waals surface area contributed by atoms with Crippen molar-refractivity contribution in [1.29, 1.82) is 0 Å². The summed E-state index contributed by atoms with van der Waals surface area (Å²) in [6.07, 6.45) is 2.47. The molecule has 2 aliphatic heterocycles. The highest BCUT2D eigenvalue weighted by atomic mass is 16.6. The molecule has 0 aliphatic carbocycles. The standard InChI is InChI=1S/C31H37N5O5/c1-5-33(6-2)21(3)41-31(39)28-26-18-20-35(23-12-10-22(11-13-23)34-19-8-7-9-27(34)37)30(38)29(26)36(32-28)24-14-16-25(40-4)17-15-24/h10-17,21H,5-9,18-20H2,1-4H3. The molecule has 2 aromatic carbocycles. The van der Waals surface area contributed by atoms with E-state index in [0.717, 1.165) is 37.3 Å². The van der Waals surface area contributed by atoms with Crippen LogP contribution in [0.3, 0.4) is 0 Å². The number of methoxy groups -OCH3 is 1. The van der Waals surface area contributed by atoms with Gasteiger partial charge in [0, 0.05) is 36.4 Å². The zero-order valence-corrected chi connectivity index (χ0v) is 24.1. The molecule has 216 valence electrons. The molecule has 0 N–H and O–H groups in total. The van der Waals surface area contributed by atoms with Crippen LogP contribution in [0.15, 0.2) is 48.5 Å². The summed E-state index contributed by atoms with van der Waals surface area (Å²) in [6, 6.07) is 14.7. The fraction of sp³-hybridized carbons (Fsp3) is 0.419. The topological polar surface area (TPSA) is 97.2 Å². The van der Waals surface area contributed by atoms with Crippen LogP contribution in [0.1, 0.15) is 66.6 Å². The number of anilines is 2. The number of nitrogens with zero attached hydrogens (tertiary/aromatic N) is 5. The number of piperidine rings is 1. The molecule has 1 saturated heterocycles. The lowest BCUT2D eigenvalue weighted by atomic mass is 10.0. The van der Waals surface area contributed by atoms with Crippen LogP contribution in [-0.4, -0.2) is 72.0 Å². The van der Waals surface area contributed by atoms with Gasteiger partial charge in [0.1, 0.15) is 11.4 Å². The second-order valence-corrected chi connectivity index (χ2v) is 10.2. The van der Waals surface area contributed by atoms with Crippen molar-refractivity contribution in [3.63, 3.8) is 0 Å². The zero-order chi connectivity index (χ0) is 29.1. The number of amides is 2. The van der Waals surface area contributed by atoms with Crippen LogP contribution in [0.5, 0.6) is 5.75 Å². The van der Waals surface area contributed by atoms with Crippen molar-refractivity contribution in [2.24, 2.45) is 0 Å². The summed E-state index contributed by atoms with van der Waals surface area (Å²) in [5.74, 6) is -0.0135. The molecule has 1 unspecified atom stereocenters. The van der Waals surface area contributed by atoms with E-state index in [2.05, 4.69) is 5.10 Å². The van der Waals surface area contributed by atoms with Gasteiger partial charge in [-0.05, 0) is 87.8 Å². The van der Waals surface area contributed by atoms with Crippen LogP contribution in [0.4, 0.5) is 11.4 Å². The minimum atomic E-state index is -0.551. The van der Waals surface area contributed by atoms with Crippen molar-refractivity contribution < 1.29 is 23.9 Å². The maximum absolute atomic E-state index is 14.0. The van der Waals surface area contributed by atoms with Gasteiger partial charge in [-0.15, -0.1) is 0 Å². The van der Waals surface area contributed by atoms with Crippen molar-refractivity contribution in [2.45, 2.75) is 52.7 Å². The maximum atomic E-state index is 14.0. The predicted octanol–water partition coefficient (Wildman–Crippen LogP) is 4.45. The number of fused-ring (bicyclic) bond motifs is 1. The Labute approximate surface area is 240 Å². The number of hydrogen-bond donors (Lipinski definition) is 0. The Kier molecular flexibility index (Phi) is 8.39. The van der Waals surface area contributed by atoms with Gasteiger partial charge < -0.3 is 19.3 Å². The lowest BCUT2D eigenvalue weighted by molar-refractivity contribution is -0.119. The normalized spacial score (nSPS) is 16.1. The van der Waals surface area contributed by atoms with E-state index >= 15 is 0 Å². The Morgan fingerprint density at radius 2 is 1.54 bits per heavy atom. The molecule has 0 spiro atoms. The number of benzene rings is 2. The molecule has 10 heteroatoms. The molecule has 2 aliphatic rings. The highest BCUT2D eigenvalue weighted by Gasteiger charge is 2.36. The van der Waals surface area contributed by atoms with E-state index in [1.54, 1.807) is 41.2 Å². The SMILES string of the molecule is CCN(CC)C(C)OC(=O)c1nn(-c2ccc(OC)cc2)c2c1CCN(c1ccc(N3CCCCC3=O)cc1)C2=O. The van der Waals surface area contributed by atoms with Crippen LogP contribution < -0.4 is 14.5 Å². The highest BCUT2D eigenvalue weighted by Crippen LogP contribution is 2.31.